The lowest BCUT2D eigenvalue weighted by Crippen LogP contribution is -2.37. The number of nitrogens with zero attached hydrogens (tertiary/aromatic N) is 3. The van der Waals surface area contributed by atoms with E-state index in [0.717, 1.165) is 36.6 Å². The van der Waals surface area contributed by atoms with Crippen LogP contribution in [0.4, 0.5) is 10.2 Å². The van der Waals surface area contributed by atoms with Gasteiger partial charge in [0.25, 0.3) is 0 Å². The third-order valence-corrected chi connectivity index (χ3v) is 4.29. The normalized spacial score (nSPS) is 14.8. The molecule has 0 atom stereocenters. The predicted molar refractivity (Wildman–Crippen MR) is 91.1 cm³/mol. The van der Waals surface area contributed by atoms with Gasteiger partial charge in [-0.3, -0.25) is 0 Å². The van der Waals surface area contributed by atoms with Crippen LogP contribution in [0.5, 0.6) is 5.75 Å². The zero-order chi connectivity index (χ0) is 17.1. The molecule has 0 bridgehead atoms. The molecule has 0 radical (unpaired) electrons. The van der Waals surface area contributed by atoms with E-state index in [1.54, 1.807) is 18.2 Å². The van der Waals surface area contributed by atoms with E-state index in [2.05, 4.69) is 14.9 Å². The molecule has 1 aromatic carbocycles. The number of halogens is 1. The van der Waals surface area contributed by atoms with Crippen LogP contribution in [-0.4, -0.2) is 43.4 Å². The van der Waals surface area contributed by atoms with Crippen molar-refractivity contribution in [2.24, 2.45) is 0 Å². The number of aryl methyl sites for hydroxylation is 1. The Morgan fingerprint density at radius 1 is 1.25 bits per heavy atom. The van der Waals surface area contributed by atoms with Gasteiger partial charge in [-0.05, 0) is 25.5 Å². The molecule has 0 aliphatic carbocycles. The SMILES string of the molecule is CCc1nc(-c2cccc(OC)c2F)nc(N2CCOCC2)c1C. The second kappa shape index (κ2) is 7.13. The minimum absolute atomic E-state index is 0.197. The standard InChI is InChI=1S/C18H22FN3O2/c1-4-14-12(2)18(22-8-10-24-11-9-22)21-17(20-14)13-6-5-7-15(23-3)16(13)19/h5-7H,4,8-11H2,1-3H3. The molecule has 5 nitrogen and oxygen atoms in total. The molecule has 0 amide bonds. The largest absolute Gasteiger partial charge is 0.494 e. The van der Waals surface area contributed by atoms with E-state index in [4.69, 9.17) is 9.47 Å². The maximum absolute atomic E-state index is 14.6. The zero-order valence-corrected chi connectivity index (χ0v) is 14.3. The molecule has 2 aromatic rings. The maximum atomic E-state index is 14.6. The van der Waals surface area contributed by atoms with E-state index in [-0.39, 0.29) is 5.75 Å². The predicted octanol–water partition coefficient (Wildman–Crippen LogP) is 3.00. The molecule has 1 fully saturated rings. The van der Waals surface area contributed by atoms with E-state index in [1.807, 2.05) is 13.8 Å². The Hall–Kier alpha value is -2.21. The molecule has 3 rings (SSSR count). The first-order chi connectivity index (χ1) is 11.7. The van der Waals surface area contributed by atoms with Crippen LogP contribution in [0.15, 0.2) is 18.2 Å². The molecule has 0 unspecified atom stereocenters. The molecule has 1 saturated heterocycles. The summed E-state index contributed by atoms with van der Waals surface area (Å²) in [6, 6.07) is 5.03. The number of hydrogen-bond donors (Lipinski definition) is 0. The van der Waals surface area contributed by atoms with Gasteiger partial charge in [0.05, 0.1) is 25.9 Å². The van der Waals surface area contributed by atoms with Crippen molar-refractivity contribution in [1.29, 1.82) is 0 Å². The topological polar surface area (TPSA) is 47.5 Å². The molecular formula is C18H22FN3O2. The van der Waals surface area contributed by atoms with Crippen LogP contribution < -0.4 is 9.64 Å². The third kappa shape index (κ3) is 3.06. The minimum atomic E-state index is -0.432. The molecule has 1 aromatic heterocycles. The Balaban J connectivity index is 2.11. The number of anilines is 1. The number of methoxy groups -OCH3 is 1. The van der Waals surface area contributed by atoms with Gasteiger partial charge in [-0.1, -0.05) is 13.0 Å². The molecule has 0 saturated carbocycles. The lowest BCUT2D eigenvalue weighted by Gasteiger charge is -2.29. The molecule has 1 aliphatic rings. The molecule has 24 heavy (non-hydrogen) atoms. The minimum Gasteiger partial charge on any atom is -0.494 e. The van der Waals surface area contributed by atoms with Crippen molar-refractivity contribution in [3.63, 3.8) is 0 Å². The van der Waals surface area contributed by atoms with Gasteiger partial charge in [0, 0.05) is 24.3 Å². The molecule has 2 heterocycles. The number of rotatable bonds is 4. The van der Waals surface area contributed by atoms with Crippen molar-refractivity contribution >= 4 is 5.82 Å². The van der Waals surface area contributed by atoms with Gasteiger partial charge in [-0.15, -0.1) is 0 Å². The van der Waals surface area contributed by atoms with Crippen molar-refractivity contribution in [2.45, 2.75) is 20.3 Å². The third-order valence-electron chi connectivity index (χ3n) is 4.29. The van der Waals surface area contributed by atoms with Crippen molar-refractivity contribution < 1.29 is 13.9 Å². The summed E-state index contributed by atoms with van der Waals surface area (Å²) < 4.78 is 25.1. The smallest absolute Gasteiger partial charge is 0.176 e. The van der Waals surface area contributed by atoms with Gasteiger partial charge < -0.3 is 14.4 Å². The summed E-state index contributed by atoms with van der Waals surface area (Å²) in [7, 11) is 1.45. The van der Waals surface area contributed by atoms with Gasteiger partial charge in [0.1, 0.15) is 5.82 Å². The zero-order valence-electron chi connectivity index (χ0n) is 14.3. The second-order valence-electron chi connectivity index (χ2n) is 5.72. The van der Waals surface area contributed by atoms with Gasteiger partial charge >= 0.3 is 0 Å². The Kier molecular flexibility index (Phi) is 4.94. The molecule has 6 heteroatoms. The Morgan fingerprint density at radius 3 is 2.67 bits per heavy atom. The highest BCUT2D eigenvalue weighted by Crippen LogP contribution is 2.30. The lowest BCUT2D eigenvalue weighted by atomic mass is 10.1. The highest BCUT2D eigenvalue weighted by Gasteiger charge is 2.21. The lowest BCUT2D eigenvalue weighted by molar-refractivity contribution is 0.122. The first-order valence-electron chi connectivity index (χ1n) is 8.18. The van der Waals surface area contributed by atoms with Crippen LogP contribution in [0.25, 0.3) is 11.4 Å². The number of hydrogen-bond acceptors (Lipinski definition) is 5. The van der Waals surface area contributed by atoms with Gasteiger partial charge in [-0.25, -0.2) is 14.4 Å². The molecular weight excluding hydrogens is 309 g/mol. The second-order valence-corrected chi connectivity index (χ2v) is 5.72. The van der Waals surface area contributed by atoms with Crippen LogP contribution in [0.3, 0.4) is 0 Å². The summed E-state index contributed by atoms with van der Waals surface area (Å²) >= 11 is 0. The van der Waals surface area contributed by atoms with E-state index in [9.17, 15) is 4.39 Å². The van der Waals surface area contributed by atoms with Gasteiger partial charge in [0.15, 0.2) is 17.4 Å². The fourth-order valence-electron chi connectivity index (χ4n) is 2.94. The monoisotopic (exact) mass is 331 g/mol. The quantitative estimate of drug-likeness (QED) is 0.862. The summed E-state index contributed by atoms with van der Waals surface area (Å²) in [4.78, 5) is 11.4. The summed E-state index contributed by atoms with van der Waals surface area (Å²) in [5.74, 6) is 1.03. The number of aromatic nitrogens is 2. The number of morpholine rings is 1. The maximum Gasteiger partial charge on any atom is 0.176 e. The Labute approximate surface area is 141 Å². The van der Waals surface area contributed by atoms with Crippen LogP contribution in [0, 0.1) is 12.7 Å². The molecule has 0 N–H and O–H groups in total. The fourth-order valence-corrected chi connectivity index (χ4v) is 2.94. The van der Waals surface area contributed by atoms with E-state index in [0.29, 0.717) is 24.6 Å². The summed E-state index contributed by atoms with van der Waals surface area (Å²) in [5.41, 5.74) is 2.34. The average Bonchev–Trinajstić information content (AvgIpc) is 2.63. The van der Waals surface area contributed by atoms with Crippen LogP contribution in [0.2, 0.25) is 0 Å². The highest BCUT2D eigenvalue weighted by atomic mass is 19.1. The van der Waals surface area contributed by atoms with E-state index in [1.165, 1.54) is 7.11 Å². The highest BCUT2D eigenvalue weighted by molar-refractivity contribution is 5.63. The summed E-state index contributed by atoms with van der Waals surface area (Å²) in [6.07, 6.45) is 0.768. The van der Waals surface area contributed by atoms with Crippen LogP contribution in [-0.2, 0) is 11.2 Å². The number of benzene rings is 1. The summed E-state index contributed by atoms with van der Waals surface area (Å²) in [5, 5.41) is 0. The average molecular weight is 331 g/mol. The van der Waals surface area contributed by atoms with Crippen molar-refractivity contribution in [3.8, 4) is 17.1 Å². The van der Waals surface area contributed by atoms with Crippen molar-refractivity contribution in [1.82, 2.24) is 9.97 Å². The summed E-state index contributed by atoms with van der Waals surface area (Å²) in [6.45, 7) is 6.98. The Morgan fingerprint density at radius 2 is 2.00 bits per heavy atom. The molecule has 0 spiro atoms. The Bertz CT molecular complexity index is 730. The van der Waals surface area contributed by atoms with Crippen molar-refractivity contribution in [3.05, 3.63) is 35.3 Å². The van der Waals surface area contributed by atoms with Gasteiger partial charge in [-0.2, -0.15) is 0 Å². The number of ether oxygens (including phenoxy) is 2. The van der Waals surface area contributed by atoms with Crippen LogP contribution >= 0.6 is 0 Å². The molecule has 128 valence electrons. The van der Waals surface area contributed by atoms with E-state index >= 15 is 0 Å². The molecule has 1 aliphatic heterocycles. The first kappa shape index (κ1) is 16.6. The van der Waals surface area contributed by atoms with Crippen LogP contribution in [0.1, 0.15) is 18.2 Å². The first-order valence-corrected chi connectivity index (χ1v) is 8.18. The van der Waals surface area contributed by atoms with Gasteiger partial charge in [0.2, 0.25) is 0 Å². The fraction of sp³-hybridized carbons (Fsp3) is 0.444. The van der Waals surface area contributed by atoms with Crippen molar-refractivity contribution in [2.75, 3.05) is 38.3 Å². The van der Waals surface area contributed by atoms with E-state index < -0.39 is 5.82 Å².